The summed E-state index contributed by atoms with van der Waals surface area (Å²) in [4.78, 5) is 26.2. The van der Waals surface area contributed by atoms with Gasteiger partial charge in [0.15, 0.2) is 6.10 Å². The van der Waals surface area contributed by atoms with Gasteiger partial charge in [-0.3, -0.25) is 20.4 Å². The van der Waals surface area contributed by atoms with Crippen molar-refractivity contribution in [2.24, 2.45) is 11.6 Å². The number of ether oxygens (including phenoxy) is 1. The summed E-state index contributed by atoms with van der Waals surface area (Å²) >= 11 is 0. The first-order valence-electron chi connectivity index (χ1n) is 7.07. The maximum Gasteiger partial charge on any atom is 0.410 e. The van der Waals surface area contributed by atoms with E-state index in [0.29, 0.717) is 16.9 Å². The van der Waals surface area contributed by atoms with Gasteiger partial charge in [-0.25, -0.2) is 10.7 Å². The fourth-order valence-electron chi connectivity index (χ4n) is 1.99. The molecule has 1 aromatic rings. The second-order valence-electron chi connectivity index (χ2n) is 6.10. The molecule has 0 saturated carbocycles. The van der Waals surface area contributed by atoms with Crippen molar-refractivity contribution in [2.75, 3.05) is 6.61 Å². The molecule has 132 valence electrons. The zero-order valence-electron chi connectivity index (χ0n) is 13.8. The van der Waals surface area contributed by atoms with Crippen LogP contribution in [0.5, 0.6) is 5.75 Å². The minimum absolute atomic E-state index is 0.167. The minimum atomic E-state index is -1.32. The van der Waals surface area contributed by atoms with Crippen LogP contribution in [0.15, 0.2) is 18.2 Å². The molecule has 0 aromatic heterocycles. The smallest absolute Gasteiger partial charge is 0.410 e. The van der Waals surface area contributed by atoms with Gasteiger partial charge in [-0.1, -0.05) is 20.8 Å². The predicted octanol–water partition coefficient (Wildman–Crippen LogP) is 0.700. The first-order chi connectivity index (χ1) is 11.1. The SMILES string of the molecule is CC(C)(C)c1cc(OCC(ON)C(N)=O)ccc1C(=N)NC(=O)O. The summed E-state index contributed by atoms with van der Waals surface area (Å²) in [6.07, 6.45) is -2.40. The van der Waals surface area contributed by atoms with E-state index in [0.717, 1.165) is 0 Å². The van der Waals surface area contributed by atoms with Crippen LogP contribution in [0.25, 0.3) is 0 Å². The van der Waals surface area contributed by atoms with Crippen LogP contribution in [-0.4, -0.2) is 35.7 Å². The quantitative estimate of drug-likeness (QED) is 0.291. The summed E-state index contributed by atoms with van der Waals surface area (Å²) in [5.41, 5.74) is 5.85. The molecule has 1 aromatic carbocycles. The third-order valence-electron chi connectivity index (χ3n) is 3.18. The topological polar surface area (TPSA) is 161 Å². The van der Waals surface area contributed by atoms with E-state index in [2.05, 4.69) is 4.84 Å². The summed E-state index contributed by atoms with van der Waals surface area (Å²) in [7, 11) is 0. The molecular formula is C15H22N4O5. The standard InChI is InChI=1S/C15H22N4O5/c1-15(2,3)10-6-8(23-7-11(24-18)13(17)20)4-5-9(10)12(16)19-14(21)22/h4-6,11H,7,18H2,1-3H3,(H2,16,19)(H2,17,20)(H,21,22). The predicted molar refractivity (Wildman–Crippen MR) is 86.9 cm³/mol. The van der Waals surface area contributed by atoms with E-state index in [1.54, 1.807) is 18.2 Å². The zero-order chi connectivity index (χ0) is 18.5. The fourth-order valence-corrected chi connectivity index (χ4v) is 1.99. The van der Waals surface area contributed by atoms with Gasteiger partial charge < -0.3 is 15.6 Å². The highest BCUT2D eigenvalue weighted by molar-refractivity contribution is 6.05. The Balaban J connectivity index is 3.09. The molecule has 1 unspecified atom stereocenters. The highest BCUT2D eigenvalue weighted by atomic mass is 16.6. The number of amides is 2. The third kappa shape index (κ3) is 5.21. The summed E-state index contributed by atoms with van der Waals surface area (Å²) in [5, 5.41) is 18.7. The molecule has 2 amide bonds. The number of benzene rings is 1. The van der Waals surface area contributed by atoms with Crippen molar-refractivity contribution in [1.29, 1.82) is 5.41 Å². The molecular weight excluding hydrogens is 316 g/mol. The van der Waals surface area contributed by atoms with E-state index in [9.17, 15) is 9.59 Å². The van der Waals surface area contributed by atoms with Crippen molar-refractivity contribution in [1.82, 2.24) is 5.32 Å². The normalized spacial score (nSPS) is 12.3. The lowest BCUT2D eigenvalue weighted by Crippen LogP contribution is -2.38. The van der Waals surface area contributed by atoms with Crippen LogP contribution in [0.1, 0.15) is 31.9 Å². The maximum absolute atomic E-state index is 11.1. The van der Waals surface area contributed by atoms with E-state index in [1.807, 2.05) is 26.1 Å². The number of hydrogen-bond acceptors (Lipinski definition) is 6. The summed E-state index contributed by atoms with van der Waals surface area (Å²) in [6, 6.07) is 4.79. The van der Waals surface area contributed by atoms with Crippen LogP contribution < -0.4 is 21.7 Å². The first-order valence-corrected chi connectivity index (χ1v) is 7.07. The second-order valence-corrected chi connectivity index (χ2v) is 6.10. The molecule has 7 N–H and O–H groups in total. The van der Waals surface area contributed by atoms with E-state index < -0.39 is 18.1 Å². The number of rotatable bonds is 6. The lowest BCUT2D eigenvalue weighted by molar-refractivity contribution is -0.131. The lowest BCUT2D eigenvalue weighted by atomic mass is 9.83. The molecule has 0 aliphatic heterocycles. The molecule has 0 aliphatic carbocycles. The van der Waals surface area contributed by atoms with E-state index in [-0.39, 0.29) is 17.9 Å². The molecule has 0 aliphatic rings. The molecule has 0 fully saturated rings. The Labute approximate surface area is 139 Å². The van der Waals surface area contributed by atoms with Crippen molar-refractivity contribution in [3.8, 4) is 5.75 Å². The van der Waals surface area contributed by atoms with Crippen molar-refractivity contribution in [3.63, 3.8) is 0 Å². The fraction of sp³-hybridized carbons (Fsp3) is 0.400. The molecule has 0 bridgehead atoms. The Kier molecular flexibility index (Phi) is 6.27. The molecule has 9 nitrogen and oxygen atoms in total. The Bertz CT molecular complexity index is 639. The van der Waals surface area contributed by atoms with E-state index in [1.165, 1.54) is 0 Å². The van der Waals surface area contributed by atoms with Crippen LogP contribution in [0.3, 0.4) is 0 Å². The molecule has 0 radical (unpaired) electrons. The van der Waals surface area contributed by atoms with Gasteiger partial charge in [0.05, 0.1) is 0 Å². The van der Waals surface area contributed by atoms with Crippen LogP contribution in [0, 0.1) is 5.41 Å². The highest BCUT2D eigenvalue weighted by Crippen LogP contribution is 2.29. The molecule has 1 rings (SSSR count). The largest absolute Gasteiger partial charge is 0.490 e. The van der Waals surface area contributed by atoms with Crippen molar-refractivity contribution in [3.05, 3.63) is 29.3 Å². The Morgan fingerprint density at radius 1 is 1.38 bits per heavy atom. The van der Waals surface area contributed by atoms with Crippen LogP contribution in [0.4, 0.5) is 4.79 Å². The van der Waals surface area contributed by atoms with Gasteiger partial charge in [-0.2, -0.15) is 0 Å². The van der Waals surface area contributed by atoms with Gasteiger partial charge in [0.2, 0.25) is 0 Å². The van der Waals surface area contributed by atoms with Gasteiger partial charge in [0.25, 0.3) is 5.91 Å². The molecule has 0 saturated heterocycles. The Morgan fingerprint density at radius 3 is 2.46 bits per heavy atom. The molecule has 9 heteroatoms. The number of carboxylic acid groups (broad SMARTS) is 1. The van der Waals surface area contributed by atoms with Gasteiger partial charge >= 0.3 is 6.09 Å². The van der Waals surface area contributed by atoms with Crippen LogP contribution >= 0.6 is 0 Å². The summed E-state index contributed by atoms with van der Waals surface area (Å²) in [5.74, 6) is 4.40. The Hall–Kier alpha value is -2.65. The molecule has 0 heterocycles. The van der Waals surface area contributed by atoms with Crippen molar-refractivity contribution < 1.29 is 24.3 Å². The lowest BCUT2D eigenvalue weighted by Gasteiger charge is -2.24. The van der Waals surface area contributed by atoms with Gasteiger partial charge in [0.1, 0.15) is 18.2 Å². The summed E-state index contributed by atoms with van der Waals surface area (Å²) < 4.78 is 5.46. The van der Waals surface area contributed by atoms with Crippen LogP contribution in [0.2, 0.25) is 0 Å². The van der Waals surface area contributed by atoms with Gasteiger partial charge in [-0.05, 0) is 29.2 Å². The average molecular weight is 338 g/mol. The van der Waals surface area contributed by atoms with Crippen molar-refractivity contribution >= 4 is 17.8 Å². The molecule has 1 atom stereocenters. The third-order valence-corrected chi connectivity index (χ3v) is 3.18. The maximum atomic E-state index is 11.1. The molecule has 24 heavy (non-hydrogen) atoms. The summed E-state index contributed by atoms with van der Waals surface area (Å²) in [6.45, 7) is 5.58. The first kappa shape index (κ1) is 19.4. The molecule has 0 spiro atoms. The second kappa shape index (κ2) is 7.75. The van der Waals surface area contributed by atoms with Gasteiger partial charge in [-0.15, -0.1) is 0 Å². The number of carbonyl (C=O) groups is 2. The Morgan fingerprint density at radius 2 is 2.00 bits per heavy atom. The van der Waals surface area contributed by atoms with Crippen molar-refractivity contribution in [2.45, 2.75) is 32.3 Å². The average Bonchev–Trinajstić information content (AvgIpc) is 2.45. The minimum Gasteiger partial charge on any atom is -0.490 e. The van der Waals surface area contributed by atoms with Crippen LogP contribution in [-0.2, 0) is 15.0 Å². The highest BCUT2D eigenvalue weighted by Gasteiger charge is 2.22. The van der Waals surface area contributed by atoms with E-state index in [4.69, 9.17) is 26.9 Å². The number of amidine groups is 1. The number of primary amides is 1. The zero-order valence-corrected chi connectivity index (χ0v) is 13.8. The number of carbonyl (C=O) groups excluding carboxylic acids is 1. The van der Waals surface area contributed by atoms with E-state index >= 15 is 0 Å². The number of nitrogens with two attached hydrogens (primary N) is 2. The monoisotopic (exact) mass is 338 g/mol. The number of hydrogen-bond donors (Lipinski definition) is 5. The van der Waals surface area contributed by atoms with Gasteiger partial charge in [0, 0.05) is 5.56 Å². The number of nitrogens with one attached hydrogen (secondary N) is 2.